The van der Waals surface area contributed by atoms with Gasteiger partial charge < -0.3 is 14.8 Å². The van der Waals surface area contributed by atoms with E-state index in [0.717, 1.165) is 17.1 Å². The van der Waals surface area contributed by atoms with Crippen molar-refractivity contribution < 1.29 is 22.7 Å². The molecular formula is C25H27ClN2O5S. The summed E-state index contributed by atoms with van der Waals surface area (Å²) in [5.41, 5.74) is 1.49. The Morgan fingerprint density at radius 3 is 2.26 bits per heavy atom. The van der Waals surface area contributed by atoms with Gasteiger partial charge in [0.2, 0.25) is 5.91 Å². The highest BCUT2D eigenvalue weighted by atomic mass is 35.5. The number of rotatable bonds is 11. The molecule has 0 bridgehead atoms. The van der Waals surface area contributed by atoms with Crippen LogP contribution < -0.4 is 19.1 Å². The third-order valence-corrected chi connectivity index (χ3v) is 7.17. The molecule has 0 atom stereocenters. The molecule has 7 nitrogen and oxygen atoms in total. The van der Waals surface area contributed by atoms with Gasteiger partial charge in [-0.1, -0.05) is 41.9 Å². The number of nitrogens with one attached hydrogen (secondary N) is 1. The number of methoxy groups -OCH3 is 2. The van der Waals surface area contributed by atoms with Crippen molar-refractivity contribution in [3.05, 3.63) is 83.4 Å². The second kappa shape index (κ2) is 11.8. The summed E-state index contributed by atoms with van der Waals surface area (Å²) >= 11 is 5.98. The van der Waals surface area contributed by atoms with Gasteiger partial charge in [0, 0.05) is 17.6 Å². The molecule has 1 amide bonds. The minimum atomic E-state index is -4.10. The lowest BCUT2D eigenvalue weighted by molar-refractivity contribution is -0.119. The van der Waals surface area contributed by atoms with E-state index in [1.807, 2.05) is 30.3 Å². The first-order valence-corrected chi connectivity index (χ1v) is 12.5. The normalized spacial score (nSPS) is 11.0. The molecular weight excluding hydrogens is 476 g/mol. The smallest absolute Gasteiger partial charge is 0.264 e. The van der Waals surface area contributed by atoms with Gasteiger partial charge in [-0.25, -0.2) is 8.42 Å². The maximum atomic E-state index is 13.6. The number of anilines is 1. The maximum Gasteiger partial charge on any atom is 0.264 e. The largest absolute Gasteiger partial charge is 0.493 e. The lowest BCUT2D eigenvalue weighted by Gasteiger charge is -2.24. The number of halogens is 1. The molecule has 0 aliphatic heterocycles. The van der Waals surface area contributed by atoms with E-state index in [0.29, 0.717) is 23.0 Å². The van der Waals surface area contributed by atoms with Crippen LogP contribution >= 0.6 is 11.6 Å². The van der Waals surface area contributed by atoms with E-state index in [-0.39, 0.29) is 17.2 Å². The van der Waals surface area contributed by atoms with Crippen LogP contribution in [-0.2, 0) is 21.2 Å². The molecule has 1 N–H and O–H groups in total. The van der Waals surface area contributed by atoms with Crippen LogP contribution in [0.1, 0.15) is 12.0 Å². The molecule has 0 unspecified atom stereocenters. The summed E-state index contributed by atoms with van der Waals surface area (Å²) < 4.78 is 38.6. The van der Waals surface area contributed by atoms with Gasteiger partial charge in [-0.2, -0.15) is 0 Å². The minimum absolute atomic E-state index is 0.0306. The van der Waals surface area contributed by atoms with E-state index in [4.69, 9.17) is 21.1 Å². The van der Waals surface area contributed by atoms with Gasteiger partial charge in [0.1, 0.15) is 6.54 Å². The van der Waals surface area contributed by atoms with Crippen LogP contribution in [0.2, 0.25) is 5.02 Å². The maximum absolute atomic E-state index is 13.6. The van der Waals surface area contributed by atoms with Crippen LogP contribution in [-0.4, -0.2) is 41.6 Å². The number of ether oxygens (including phenoxy) is 2. The van der Waals surface area contributed by atoms with E-state index in [1.165, 1.54) is 38.0 Å². The summed E-state index contributed by atoms with van der Waals surface area (Å²) in [6.45, 7) is 0.0439. The first-order valence-electron chi connectivity index (χ1n) is 10.7. The molecule has 0 aliphatic rings. The highest BCUT2D eigenvalue weighted by Crippen LogP contribution is 2.32. The van der Waals surface area contributed by atoms with Crippen LogP contribution in [0, 0.1) is 0 Å². The van der Waals surface area contributed by atoms with E-state index in [2.05, 4.69) is 5.32 Å². The second-order valence-corrected chi connectivity index (χ2v) is 9.74. The Balaban J connectivity index is 1.78. The Labute approximate surface area is 205 Å². The molecule has 0 radical (unpaired) electrons. The molecule has 3 aromatic carbocycles. The number of carbonyl (C=O) groups is 1. The number of carbonyl (C=O) groups excluding carboxylic acids is 1. The predicted molar refractivity (Wildman–Crippen MR) is 133 cm³/mol. The topological polar surface area (TPSA) is 84.9 Å². The van der Waals surface area contributed by atoms with Gasteiger partial charge in [-0.05, 0) is 54.8 Å². The number of benzene rings is 3. The average Bonchev–Trinajstić information content (AvgIpc) is 2.86. The fourth-order valence-corrected chi connectivity index (χ4v) is 4.94. The zero-order valence-electron chi connectivity index (χ0n) is 19.0. The highest BCUT2D eigenvalue weighted by Gasteiger charge is 2.28. The van der Waals surface area contributed by atoms with Crippen LogP contribution in [0.15, 0.2) is 77.7 Å². The third-order valence-electron chi connectivity index (χ3n) is 5.15. The van der Waals surface area contributed by atoms with Crippen LogP contribution in [0.3, 0.4) is 0 Å². The van der Waals surface area contributed by atoms with Crippen molar-refractivity contribution in [3.8, 4) is 11.5 Å². The minimum Gasteiger partial charge on any atom is -0.493 e. The van der Waals surface area contributed by atoms with Crippen molar-refractivity contribution in [2.45, 2.75) is 17.7 Å². The molecule has 180 valence electrons. The molecule has 0 aromatic heterocycles. The van der Waals surface area contributed by atoms with Gasteiger partial charge in [0.25, 0.3) is 10.0 Å². The molecule has 3 rings (SSSR count). The van der Waals surface area contributed by atoms with E-state index in [9.17, 15) is 13.2 Å². The van der Waals surface area contributed by atoms with Crippen LogP contribution in [0.25, 0.3) is 0 Å². The van der Waals surface area contributed by atoms with E-state index in [1.54, 1.807) is 24.3 Å². The fourth-order valence-electron chi connectivity index (χ4n) is 3.38. The highest BCUT2D eigenvalue weighted by molar-refractivity contribution is 7.92. The van der Waals surface area contributed by atoms with Crippen LogP contribution in [0.5, 0.6) is 11.5 Å². The first kappa shape index (κ1) is 25.4. The zero-order chi connectivity index (χ0) is 24.6. The summed E-state index contributed by atoms with van der Waals surface area (Å²) in [5.74, 6) is 0.257. The standard InChI is InChI=1S/C25H27ClN2O5S/c1-32-23-15-14-22(17-24(23)33-2)34(30,31)28(21-12-10-20(26)11-13-21)18-25(29)27-16-6-9-19-7-4-3-5-8-19/h3-5,7-8,10-15,17H,6,9,16,18H2,1-2H3,(H,27,29). The monoisotopic (exact) mass is 502 g/mol. The van der Waals surface area contributed by atoms with Crippen molar-refractivity contribution in [2.75, 3.05) is 31.6 Å². The molecule has 3 aromatic rings. The molecule has 0 heterocycles. The van der Waals surface area contributed by atoms with E-state index < -0.39 is 15.9 Å². The molecule has 0 fully saturated rings. The number of amides is 1. The Kier molecular flexibility index (Phi) is 8.79. The van der Waals surface area contributed by atoms with Crippen molar-refractivity contribution >= 4 is 33.2 Å². The lowest BCUT2D eigenvalue weighted by atomic mass is 10.1. The average molecular weight is 503 g/mol. The van der Waals surface area contributed by atoms with Crippen molar-refractivity contribution in [3.63, 3.8) is 0 Å². The molecule has 0 saturated carbocycles. The summed E-state index contributed by atoms with van der Waals surface area (Å²) in [4.78, 5) is 12.7. The lowest BCUT2D eigenvalue weighted by Crippen LogP contribution is -2.41. The van der Waals surface area contributed by atoms with Gasteiger partial charge in [0.05, 0.1) is 24.8 Å². The second-order valence-electron chi connectivity index (χ2n) is 7.44. The summed E-state index contributed by atoms with van der Waals surface area (Å²) in [6.07, 6.45) is 1.55. The number of sulfonamides is 1. The molecule has 0 saturated heterocycles. The first-order chi connectivity index (χ1) is 16.3. The number of aryl methyl sites for hydroxylation is 1. The Hall–Kier alpha value is -3.23. The van der Waals surface area contributed by atoms with Crippen molar-refractivity contribution in [1.82, 2.24) is 5.32 Å². The van der Waals surface area contributed by atoms with Gasteiger partial charge in [-0.3, -0.25) is 9.10 Å². The van der Waals surface area contributed by atoms with Crippen molar-refractivity contribution in [1.29, 1.82) is 0 Å². The fraction of sp³-hybridized carbons (Fsp3) is 0.240. The Morgan fingerprint density at radius 2 is 1.62 bits per heavy atom. The number of nitrogens with zero attached hydrogens (tertiary/aromatic N) is 1. The van der Waals surface area contributed by atoms with Gasteiger partial charge >= 0.3 is 0 Å². The summed E-state index contributed by atoms with van der Waals surface area (Å²) in [7, 11) is -1.21. The van der Waals surface area contributed by atoms with Crippen molar-refractivity contribution in [2.24, 2.45) is 0 Å². The van der Waals surface area contributed by atoms with E-state index >= 15 is 0 Å². The number of hydrogen-bond acceptors (Lipinski definition) is 5. The zero-order valence-corrected chi connectivity index (χ0v) is 20.6. The van der Waals surface area contributed by atoms with Gasteiger partial charge in [0.15, 0.2) is 11.5 Å². The Morgan fingerprint density at radius 1 is 0.941 bits per heavy atom. The van der Waals surface area contributed by atoms with Crippen LogP contribution in [0.4, 0.5) is 5.69 Å². The summed E-state index contributed by atoms with van der Waals surface area (Å²) in [5, 5.41) is 3.27. The molecule has 0 spiro atoms. The predicted octanol–water partition coefficient (Wildman–Crippen LogP) is 4.30. The molecule has 34 heavy (non-hydrogen) atoms. The van der Waals surface area contributed by atoms with Gasteiger partial charge in [-0.15, -0.1) is 0 Å². The Bertz CT molecular complexity index is 1200. The molecule has 0 aliphatic carbocycles. The molecule has 9 heteroatoms. The quantitative estimate of drug-likeness (QED) is 0.395. The summed E-state index contributed by atoms with van der Waals surface area (Å²) in [6, 6.07) is 20.5. The third kappa shape index (κ3) is 6.42. The SMILES string of the molecule is COc1ccc(S(=O)(=O)N(CC(=O)NCCCc2ccccc2)c2ccc(Cl)cc2)cc1OC. The number of hydrogen-bond donors (Lipinski definition) is 1.